The first-order valence-corrected chi connectivity index (χ1v) is 19.1. The summed E-state index contributed by atoms with van der Waals surface area (Å²) < 4.78 is 53.4. The molecular weight excluding hydrogens is 712 g/mol. The molecule has 1 amide bonds. The van der Waals surface area contributed by atoms with Gasteiger partial charge in [0.25, 0.3) is 20.0 Å². The van der Waals surface area contributed by atoms with Gasteiger partial charge < -0.3 is 11.1 Å². The maximum absolute atomic E-state index is 12.9. The zero-order valence-corrected chi connectivity index (χ0v) is 30.6. The van der Waals surface area contributed by atoms with Gasteiger partial charge in [-0.25, -0.2) is 44.7 Å². The molecule has 0 atom stereocenters. The Hall–Kier alpha value is -4.70. The molecule has 1 aliphatic carbocycles. The van der Waals surface area contributed by atoms with Crippen molar-refractivity contribution >= 4 is 60.7 Å². The molecule has 0 aliphatic heterocycles. The van der Waals surface area contributed by atoms with Crippen molar-refractivity contribution in [2.75, 3.05) is 0 Å². The molecule has 3 N–H and O–H groups in total. The summed E-state index contributed by atoms with van der Waals surface area (Å²) in [5.41, 5.74) is 10.3. The molecule has 4 heterocycles. The van der Waals surface area contributed by atoms with Crippen molar-refractivity contribution in [3.8, 4) is 0 Å². The van der Waals surface area contributed by atoms with Crippen LogP contribution in [-0.2, 0) is 37.9 Å². The molecule has 6 aromatic rings. The Morgan fingerprint density at radius 3 is 1.65 bits per heavy atom. The molecule has 0 saturated heterocycles. The number of hydrogen-bond acceptors (Lipinski definition) is 10. The third-order valence-corrected chi connectivity index (χ3v) is 12.0. The lowest BCUT2D eigenvalue weighted by Crippen LogP contribution is -2.31. The van der Waals surface area contributed by atoms with Crippen LogP contribution in [0.25, 0.3) is 22.3 Å². The van der Waals surface area contributed by atoms with E-state index in [0.717, 1.165) is 44.8 Å². The number of nitrogens with one attached hydrogen (secondary N) is 1. The first-order valence-electron chi connectivity index (χ1n) is 16.3. The smallest absolute Gasteiger partial charge is 0.269 e. The predicted octanol–water partition coefficient (Wildman–Crippen LogP) is 5.03. The minimum absolute atomic E-state index is 0. The molecule has 0 radical (unpaired) electrons. The minimum atomic E-state index is -3.75. The molecule has 4 aromatic heterocycles. The summed E-state index contributed by atoms with van der Waals surface area (Å²) in [6, 6.07) is 16.6. The van der Waals surface area contributed by atoms with E-state index in [9.17, 15) is 21.6 Å². The third-order valence-electron chi connectivity index (χ3n) is 8.60. The van der Waals surface area contributed by atoms with Crippen LogP contribution in [0.15, 0.2) is 95.2 Å². The number of carbonyl (C=O) groups is 1. The van der Waals surface area contributed by atoms with E-state index in [1.165, 1.54) is 31.2 Å². The topological polar surface area (TPSA) is 185 Å². The molecule has 0 unspecified atom stereocenters. The van der Waals surface area contributed by atoms with Crippen LogP contribution in [0.4, 0.5) is 0 Å². The van der Waals surface area contributed by atoms with Crippen LogP contribution < -0.4 is 11.1 Å². The summed E-state index contributed by atoms with van der Waals surface area (Å²) in [7, 11) is -7.42. The second kappa shape index (κ2) is 15.7. The van der Waals surface area contributed by atoms with Gasteiger partial charge in [0.1, 0.15) is 11.0 Å². The number of nitrogens with two attached hydrogens (primary N) is 1. The molecule has 0 spiro atoms. The summed E-state index contributed by atoms with van der Waals surface area (Å²) in [6.45, 7) is 4.36. The Kier molecular flexibility index (Phi) is 11.5. The standard InChI is InChI=1S/C21H24N4O3S.C14H14N4O2S.ClH/c1-15-7-9-18(10-8-15)29(27,28)25-12-11-19-20(25)22-13-17(24-19)14-23-21(26)16-5-3-2-4-6-16;1-10-2-4-12(5-3-10)21(19,20)18-7-6-13-14(18)16-9-11(8-15)17-13;/h7-13,16H,2-6,14H2,1H3,(H,23,26);2-7,9H,8,15H2,1H3;1H. The van der Waals surface area contributed by atoms with Crippen LogP contribution in [0.1, 0.15) is 54.6 Å². The second-order valence-electron chi connectivity index (χ2n) is 12.3. The molecule has 51 heavy (non-hydrogen) atoms. The van der Waals surface area contributed by atoms with Crippen molar-refractivity contribution in [3.05, 3.63) is 108 Å². The molecule has 13 nitrogen and oxygen atoms in total. The Morgan fingerprint density at radius 1 is 0.725 bits per heavy atom. The Bertz CT molecular complexity index is 2370. The Balaban J connectivity index is 0.000000204. The van der Waals surface area contributed by atoms with Gasteiger partial charge in [0.15, 0.2) is 11.3 Å². The van der Waals surface area contributed by atoms with E-state index in [4.69, 9.17) is 5.73 Å². The van der Waals surface area contributed by atoms with Crippen LogP contribution in [0.2, 0.25) is 0 Å². The lowest BCUT2D eigenvalue weighted by molar-refractivity contribution is -0.126. The molecule has 268 valence electrons. The Morgan fingerprint density at radius 2 is 1.18 bits per heavy atom. The summed E-state index contributed by atoms with van der Waals surface area (Å²) in [5.74, 6) is 0.146. The van der Waals surface area contributed by atoms with Gasteiger partial charge in [0, 0.05) is 24.9 Å². The van der Waals surface area contributed by atoms with Gasteiger partial charge in [-0.2, -0.15) is 0 Å². The van der Waals surface area contributed by atoms with Crippen molar-refractivity contribution in [2.45, 2.75) is 68.8 Å². The normalized spacial score (nSPS) is 13.7. The van der Waals surface area contributed by atoms with Crippen molar-refractivity contribution in [1.82, 2.24) is 33.2 Å². The fourth-order valence-electron chi connectivity index (χ4n) is 5.76. The van der Waals surface area contributed by atoms with Crippen LogP contribution >= 0.6 is 12.4 Å². The molecule has 16 heteroatoms. The highest BCUT2D eigenvalue weighted by Gasteiger charge is 2.23. The quantitative estimate of drug-likeness (QED) is 0.214. The van der Waals surface area contributed by atoms with Gasteiger partial charge in [-0.3, -0.25) is 4.79 Å². The van der Waals surface area contributed by atoms with E-state index >= 15 is 0 Å². The number of carbonyl (C=O) groups excluding carboxylic acids is 1. The zero-order valence-electron chi connectivity index (χ0n) is 28.1. The molecule has 1 aliphatic rings. The first kappa shape index (κ1) is 37.6. The van der Waals surface area contributed by atoms with Crippen LogP contribution in [0.5, 0.6) is 0 Å². The molecule has 2 aromatic carbocycles. The van der Waals surface area contributed by atoms with Gasteiger partial charge in [-0.1, -0.05) is 54.7 Å². The number of nitrogens with zero attached hydrogens (tertiary/aromatic N) is 6. The number of fused-ring (bicyclic) bond motifs is 2. The average Bonchev–Trinajstić information content (AvgIpc) is 3.76. The first-order chi connectivity index (χ1) is 24.0. The highest BCUT2D eigenvalue weighted by molar-refractivity contribution is 7.90. The number of hydrogen-bond donors (Lipinski definition) is 2. The van der Waals surface area contributed by atoms with Crippen LogP contribution in [0.3, 0.4) is 0 Å². The summed E-state index contributed by atoms with van der Waals surface area (Å²) in [4.78, 5) is 29.9. The fraction of sp³-hybridized carbons (Fsp3) is 0.286. The van der Waals surface area contributed by atoms with Crippen molar-refractivity contribution < 1.29 is 21.6 Å². The monoisotopic (exact) mass is 750 g/mol. The predicted molar refractivity (Wildman–Crippen MR) is 196 cm³/mol. The second-order valence-corrected chi connectivity index (χ2v) is 15.9. The van der Waals surface area contributed by atoms with E-state index in [1.807, 2.05) is 13.8 Å². The van der Waals surface area contributed by atoms with Gasteiger partial charge in [-0.05, 0) is 63.1 Å². The van der Waals surface area contributed by atoms with Gasteiger partial charge in [0.2, 0.25) is 5.91 Å². The largest absolute Gasteiger partial charge is 0.350 e. The Labute approximate surface area is 302 Å². The van der Waals surface area contributed by atoms with E-state index in [-0.39, 0.29) is 52.8 Å². The maximum atomic E-state index is 12.9. The summed E-state index contributed by atoms with van der Waals surface area (Å²) >= 11 is 0. The SMILES string of the molecule is Cc1ccc(S(=O)(=O)n2ccc3nc(CN)cnc32)cc1.Cc1ccc(S(=O)(=O)n2ccc3nc(CNC(=O)C4CCCCC4)cnc32)cc1.Cl. The number of amides is 1. The van der Waals surface area contributed by atoms with E-state index in [0.29, 0.717) is 28.1 Å². The lowest BCUT2D eigenvalue weighted by atomic mass is 9.89. The van der Waals surface area contributed by atoms with E-state index < -0.39 is 20.0 Å². The van der Waals surface area contributed by atoms with Gasteiger partial charge >= 0.3 is 0 Å². The summed E-state index contributed by atoms with van der Waals surface area (Å²) in [6.07, 6.45) is 11.2. The molecule has 1 fully saturated rings. The van der Waals surface area contributed by atoms with Gasteiger partial charge in [0.05, 0.1) is 40.1 Å². The van der Waals surface area contributed by atoms with Crippen molar-refractivity contribution in [2.24, 2.45) is 11.7 Å². The van der Waals surface area contributed by atoms with Crippen LogP contribution in [0, 0.1) is 19.8 Å². The highest BCUT2D eigenvalue weighted by Crippen LogP contribution is 2.24. The lowest BCUT2D eigenvalue weighted by Gasteiger charge is -2.20. The number of aryl methyl sites for hydroxylation is 2. The number of halogens is 1. The minimum Gasteiger partial charge on any atom is -0.350 e. The summed E-state index contributed by atoms with van der Waals surface area (Å²) in [5, 5.41) is 2.94. The molecule has 0 bridgehead atoms. The average molecular weight is 751 g/mol. The number of benzene rings is 2. The van der Waals surface area contributed by atoms with E-state index in [1.54, 1.807) is 60.7 Å². The third kappa shape index (κ3) is 8.12. The molecule has 7 rings (SSSR count). The number of rotatable bonds is 8. The van der Waals surface area contributed by atoms with Gasteiger partial charge in [-0.15, -0.1) is 12.4 Å². The van der Waals surface area contributed by atoms with Crippen LogP contribution in [-0.4, -0.2) is 50.6 Å². The zero-order chi connectivity index (χ0) is 35.5. The maximum Gasteiger partial charge on any atom is 0.269 e. The molecule has 1 saturated carbocycles. The number of aromatic nitrogens is 6. The van der Waals surface area contributed by atoms with Crippen molar-refractivity contribution in [3.63, 3.8) is 0 Å². The highest BCUT2D eigenvalue weighted by atomic mass is 35.5. The van der Waals surface area contributed by atoms with E-state index in [2.05, 4.69) is 25.3 Å². The van der Waals surface area contributed by atoms with Crippen molar-refractivity contribution in [1.29, 1.82) is 0 Å². The fourth-order valence-corrected chi connectivity index (χ4v) is 8.35. The molecular formula is C35H39ClN8O5S2.